The zero-order valence-corrected chi connectivity index (χ0v) is 18.8. The summed E-state index contributed by atoms with van der Waals surface area (Å²) in [4.78, 5) is 35.3. The van der Waals surface area contributed by atoms with E-state index in [0.29, 0.717) is 0 Å². The molecule has 1 aliphatic carbocycles. The zero-order chi connectivity index (χ0) is 24.0. The SMILES string of the molecule is CC(C)[C@@H](CC(=O)NCC(O)CC(=O)O)NC(=O)OCC1c2ccccc2-c2ccccc21. The topological polar surface area (TPSA) is 125 Å². The zero-order valence-electron chi connectivity index (χ0n) is 18.8. The normalized spacial score (nSPS) is 14.2. The van der Waals surface area contributed by atoms with E-state index in [1.165, 1.54) is 0 Å². The first kappa shape index (κ1) is 24.3. The molecular weight excluding hydrogens is 424 g/mol. The van der Waals surface area contributed by atoms with Gasteiger partial charge in [-0.15, -0.1) is 0 Å². The summed E-state index contributed by atoms with van der Waals surface area (Å²) >= 11 is 0. The first-order valence-electron chi connectivity index (χ1n) is 11.0. The largest absolute Gasteiger partial charge is 0.481 e. The molecule has 8 heteroatoms. The molecule has 0 aliphatic heterocycles. The fourth-order valence-corrected chi connectivity index (χ4v) is 4.02. The molecule has 1 unspecified atom stereocenters. The van der Waals surface area contributed by atoms with Crippen LogP contribution in [0, 0.1) is 5.92 Å². The van der Waals surface area contributed by atoms with E-state index in [0.717, 1.165) is 22.3 Å². The second-order valence-corrected chi connectivity index (χ2v) is 8.58. The molecule has 1 aliphatic rings. The van der Waals surface area contributed by atoms with Gasteiger partial charge in [0.1, 0.15) is 6.61 Å². The average Bonchev–Trinajstić information content (AvgIpc) is 3.09. The fraction of sp³-hybridized carbons (Fsp3) is 0.400. The molecule has 0 aromatic heterocycles. The number of amides is 2. The van der Waals surface area contributed by atoms with Gasteiger partial charge < -0.3 is 25.6 Å². The quantitative estimate of drug-likeness (QED) is 0.438. The number of carboxylic acid groups (broad SMARTS) is 1. The third-order valence-electron chi connectivity index (χ3n) is 5.80. The van der Waals surface area contributed by atoms with E-state index < -0.39 is 36.5 Å². The smallest absolute Gasteiger partial charge is 0.407 e. The Balaban J connectivity index is 1.54. The number of carbonyl (C=O) groups excluding carboxylic acids is 2. The maximum Gasteiger partial charge on any atom is 0.407 e. The Hall–Kier alpha value is -3.39. The minimum atomic E-state index is -1.17. The number of ether oxygens (including phenoxy) is 1. The molecular formula is C25H30N2O6. The molecule has 0 saturated heterocycles. The van der Waals surface area contributed by atoms with Gasteiger partial charge in [0.2, 0.25) is 5.91 Å². The van der Waals surface area contributed by atoms with Crippen molar-refractivity contribution in [2.45, 2.75) is 44.8 Å². The Labute approximate surface area is 193 Å². The van der Waals surface area contributed by atoms with Crippen molar-refractivity contribution in [2.24, 2.45) is 5.92 Å². The molecule has 4 N–H and O–H groups in total. The predicted molar refractivity (Wildman–Crippen MR) is 123 cm³/mol. The minimum Gasteiger partial charge on any atom is -0.481 e. The van der Waals surface area contributed by atoms with Crippen LogP contribution < -0.4 is 10.6 Å². The standard InChI is InChI=1S/C25H30N2O6/c1-15(2)22(12-23(29)26-13-16(28)11-24(30)31)27-25(32)33-14-21-19-9-5-3-7-17(19)18-8-4-6-10-20(18)21/h3-10,15-16,21-22,28H,11-14H2,1-2H3,(H,26,29)(H,27,32)(H,30,31)/t16?,22-/m1/s1. The van der Waals surface area contributed by atoms with Crippen LogP contribution in [-0.4, -0.2) is 53.5 Å². The van der Waals surface area contributed by atoms with Gasteiger partial charge in [-0.2, -0.15) is 0 Å². The van der Waals surface area contributed by atoms with Crippen LogP contribution in [0.15, 0.2) is 48.5 Å². The van der Waals surface area contributed by atoms with E-state index in [1.807, 2.05) is 50.2 Å². The third-order valence-corrected chi connectivity index (χ3v) is 5.80. The Bertz CT molecular complexity index is 960. The van der Waals surface area contributed by atoms with Crippen LogP contribution in [0.1, 0.15) is 43.7 Å². The van der Waals surface area contributed by atoms with Gasteiger partial charge in [-0.05, 0) is 28.2 Å². The molecule has 176 valence electrons. The number of benzene rings is 2. The first-order chi connectivity index (χ1) is 15.8. The Kier molecular flexibility index (Phi) is 8.06. The molecule has 8 nitrogen and oxygen atoms in total. The number of hydrogen-bond acceptors (Lipinski definition) is 5. The molecule has 0 heterocycles. The lowest BCUT2D eigenvalue weighted by molar-refractivity contribution is -0.139. The number of nitrogens with one attached hydrogen (secondary N) is 2. The number of carbonyl (C=O) groups is 3. The maximum atomic E-state index is 12.5. The van der Waals surface area contributed by atoms with Crippen LogP contribution >= 0.6 is 0 Å². The Morgan fingerprint density at radius 2 is 1.55 bits per heavy atom. The highest BCUT2D eigenvalue weighted by Gasteiger charge is 2.29. The van der Waals surface area contributed by atoms with Crippen LogP contribution in [0.2, 0.25) is 0 Å². The van der Waals surface area contributed by atoms with Gasteiger partial charge in [0, 0.05) is 24.9 Å². The van der Waals surface area contributed by atoms with Crippen molar-refractivity contribution in [3.63, 3.8) is 0 Å². The molecule has 3 rings (SSSR count). The van der Waals surface area contributed by atoms with Gasteiger partial charge >= 0.3 is 12.1 Å². The number of alkyl carbamates (subject to hydrolysis) is 1. The highest BCUT2D eigenvalue weighted by molar-refractivity contribution is 5.79. The van der Waals surface area contributed by atoms with Crippen molar-refractivity contribution < 1.29 is 29.3 Å². The second-order valence-electron chi connectivity index (χ2n) is 8.58. The van der Waals surface area contributed by atoms with E-state index in [4.69, 9.17) is 9.84 Å². The lowest BCUT2D eigenvalue weighted by atomic mass is 9.98. The van der Waals surface area contributed by atoms with E-state index in [-0.39, 0.29) is 31.4 Å². The van der Waals surface area contributed by atoms with Crippen molar-refractivity contribution in [3.05, 3.63) is 59.7 Å². The fourth-order valence-electron chi connectivity index (χ4n) is 4.02. The van der Waals surface area contributed by atoms with Gasteiger partial charge in [-0.1, -0.05) is 62.4 Å². The van der Waals surface area contributed by atoms with Gasteiger partial charge in [0.15, 0.2) is 0 Å². The van der Waals surface area contributed by atoms with Crippen molar-refractivity contribution in [3.8, 4) is 11.1 Å². The van der Waals surface area contributed by atoms with E-state index in [9.17, 15) is 19.5 Å². The summed E-state index contributed by atoms with van der Waals surface area (Å²) in [7, 11) is 0. The van der Waals surface area contributed by atoms with Crippen LogP contribution in [0.25, 0.3) is 11.1 Å². The Morgan fingerprint density at radius 3 is 2.09 bits per heavy atom. The summed E-state index contributed by atoms with van der Waals surface area (Å²) in [6.07, 6.45) is -2.23. The number of aliphatic hydroxyl groups excluding tert-OH is 1. The average molecular weight is 455 g/mol. The van der Waals surface area contributed by atoms with Crippen molar-refractivity contribution in [2.75, 3.05) is 13.2 Å². The summed E-state index contributed by atoms with van der Waals surface area (Å²) in [5.74, 6) is -1.63. The predicted octanol–water partition coefficient (Wildman–Crippen LogP) is 2.89. The third kappa shape index (κ3) is 6.32. The van der Waals surface area contributed by atoms with E-state index in [2.05, 4.69) is 22.8 Å². The van der Waals surface area contributed by atoms with Crippen molar-refractivity contribution >= 4 is 18.0 Å². The second kappa shape index (κ2) is 11.0. The number of carboxylic acids is 1. The highest BCUT2D eigenvalue weighted by Crippen LogP contribution is 2.44. The number of hydrogen-bond donors (Lipinski definition) is 4. The van der Waals surface area contributed by atoms with Crippen molar-refractivity contribution in [1.82, 2.24) is 10.6 Å². The molecule has 2 amide bonds. The molecule has 2 atom stereocenters. The maximum absolute atomic E-state index is 12.5. The van der Waals surface area contributed by atoms with Gasteiger partial charge in [0.25, 0.3) is 0 Å². The molecule has 0 saturated carbocycles. The van der Waals surface area contributed by atoms with Crippen molar-refractivity contribution in [1.29, 1.82) is 0 Å². The highest BCUT2D eigenvalue weighted by atomic mass is 16.5. The monoisotopic (exact) mass is 454 g/mol. The summed E-state index contributed by atoms with van der Waals surface area (Å²) in [6.45, 7) is 3.76. The molecule has 2 aromatic rings. The molecule has 33 heavy (non-hydrogen) atoms. The molecule has 0 radical (unpaired) electrons. The summed E-state index contributed by atoms with van der Waals surface area (Å²) < 4.78 is 5.56. The van der Waals surface area contributed by atoms with Gasteiger partial charge in [-0.25, -0.2) is 4.79 Å². The first-order valence-corrected chi connectivity index (χ1v) is 11.0. The summed E-state index contributed by atoms with van der Waals surface area (Å²) in [5, 5.41) is 23.5. The lowest BCUT2D eigenvalue weighted by Gasteiger charge is -2.23. The van der Waals surface area contributed by atoms with E-state index in [1.54, 1.807) is 0 Å². The molecule has 0 spiro atoms. The molecule has 0 fully saturated rings. The Morgan fingerprint density at radius 1 is 0.970 bits per heavy atom. The number of aliphatic carboxylic acids is 1. The number of rotatable bonds is 10. The number of aliphatic hydroxyl groups is 1. The van der Waals surface area contributed by atoms with Crippen LogP contribution in [0.5, 0.6) is 0 Å². The summed E-state index contributed by atoms with van der Waals surface area (Å²) in [6, 6.07) is 15.7. The van der Waals surface area contributed by atoms with Crippen LogP contribution in [0.3, 0.4) is 0 Å². The van der Waals surface area contributed by atoms with Crippen LogP contribution in [-0.2, 0) is 14.3 Å². The van der Waals surface area contributed by atoms with Crippen LogP contribution in [0.4, 0.5) is 4.79 Å². The number of fused-ring (bicyclic) bond motifs is 3. The van der Waals surface area contributed by atoms with E-state index >= 15 is 0 Å². The molecule has 0 bridgehead atoms. The van der Waals surface area contributed by atoms with Gasteiger partial charge in [0.05, 0.1) is 12.5 Å². The van der Waals surface area contributed by atoms with Gasteiger partial charge in [-0.3, -0.25) is 9.59 Å². The minimum absolute atomic E-state index is 0.0122. The summed E-state index contributed by atoms with van der Waals surface area (Å²) in [5.41, 5.74) is 4.52. The molecule has 2 aromatic carbocycles. The lowest BCUT2D eigenvalue weighted by Crippen LogP contribution is -2.44.